The molecule has 0 aliphatic carbocycles. The summed E-state index contributed by atoms with van der Waals surface area (Å²) in [6.45, 7) is 0.877. The lowest BCUT2D eigenvalue weighted by atomic mass is 10.1. The van der Waals surface area contributed by atoms with Crippen molar-refractivity contribution < 1.29 is 18.7 Å². The van der Waals surface area contributed by atoms with Crippen LogP contribution in [-0.2, 0) is 4.79 Å². The number of ether oxygens (including phenoxy) is 1. The van der Waals surface area contributed by atoms with Crippen LogP contribution in [0.2, 0.25) is 0 Å². The molecule has 3 rings (SSSR count). The number of para-hydroxylation sites is 1. The second kappa shape index (κ2) is 6.83. The van der Waals surface area contributed by atoms with Crippen LogP contribution in [0, 0.1) is 0 Å². The Kier molecular flexibility index (Phi) is 4.42. The first-order valence-electron chi connectivity index (χ1n) is 7.26. The van der Waals surface area contributed by atoms with Gasteiger partial charge < -0.3 is 19.8 Å². The Bertz CT molecular complexity index is 735. The van der Waals surface area contributed by atoms with E-state index in [0.717, 1.165) is 11.3 Å². The van der Waals surface area contributed by atoms with Gasteiger partial charge in [-0.2, -0.15) is 0 Å². The van der Waals surface area contributed by atoms with Crippen LogP contribution in [0.1, 0.15) is 16.1 Å². The molecule has 2 aromatic rings. The van der Waals surface area contributed by atoms with Crippen molar-refractivity contribution in [1.82, 2.24) is 10.6 Å². The molecule has 0 bridgehead atoms. The largest absolute Gasteiger partial charge is 0.488 e. The minimum absolute atomic E-state index is 0.202. The molecule has 0 fully saturated rings. The predicted molar refractivity (Wildman–Crippen MR) is 84.0 cm³/mol. The van der Waals surface area contributed by atoms with Crippen LogP contribution in [0.5, 0.6) is 5.75 Å². The molecule has 1 aliphatic rings. The maximum atomic E-state index is 12.1. The lowest BCUT2D eigenvalue weighted by molar-refractivity contribution is -0.117. The Balaban J connectivity index is 1.47. The Morgan fingerprint density at radius 3 is 2.57 bits per heavy atom. The normalized spacial score (nSPS) is 12.6. The molecule has 0 saturated carbocycles. The van der Waals surface area contributed by atoms with Gasteiger partial charge in [0.25, 0.3) is 11.8 Å². The van der Waals surface area contributed by atoms with Gasteiger partial charge in [-0.1, -0.05) is 18.2 Å². The standard InChI is InChI=1S/C17H16N2O4/c20-16(13-10-12-4-1-2-5-14(12)23-11-13)18-7-8-19-17(21)15-6-3-9-22-15/h1-6,9-10H,7-8,11H2,(H,18,20)(H,19,21). The van der Waals surface area contributed by atoms with Gasteiger partial charge in [0.05, 0.1) is 11.8 Å². The van der Waals surface area contributed by atoms with Crippen LogP contribution < -0.4 is 15.4 Å². The van der Waals surface area contributed by atoms with E-state index in [9.17, 15) is 9.59 Å². The summed E-state index contributed by atoms with van der Waals surface area (Å²) in [6.07, 6.45) is 3.25. The van der Waals surface area contributed by atoms with Gasteiger partial charge >= 0.3 is 0 Å². The van der Waals surface area contributed by atoms with Crippen molar-refractivity contribution in [2.45, 2.75) is 0 Å². The summed E-state index contributed by atoms with van der Waals surface area (Å²) >= 11 is 0. The van der Waals surface area contributed by atoms with Gasteiger partial charge in [-0.05, 0) is 24.3 Å². The minimum Gasteiger partial charge on any atom is -0.488 e. The maximum absolute atomic E-state index is 12.1. The summed E-state index contributed by atoms with van der Waals surface area (Å²) in [5.74, 6) is 0.510. The summed E-state index contributed by atoms with van der Waals surface area (Å²) in [5, 5.41) is 5.41. The highest BCUT2D eigenvalue weighted by atomic mass is 16.5. The van der Waals surface area contributed by atoms with Gasteiger partial charge in [0.2, 0.25) is 0 Å². The highest BCUT2D eigenvalue weighted by molar-refractivity contribution is 5.99. The molecule has 6 nitrogen and oxygen atoms in total. The zero-order valence-electron chi connectivity index (χ0n) is 12.4. The molecule has 0 unspecified atom stereocenters. The molecule has 1 aromatic heterocycles. The summed E-state index contributed by atoms with van der Waals surface area (Å²) in [6, 6.07) is 10.8. The zero-order chi connectivity index (χ0) is 16.1. The van der Waals surface area contributed by atoms with Crippen LogP contribution in [0.3, 0.4) is 0 Å². The molecule has 23 heavy (non-hydrogen) atoms. The summed E-state index contributed by atoms with van der Waals surface area (Å²) in [4.78, 5) is 23.7. The number of hydrogen-bond donors (Lipinski definition) is 2. The fraction of sp³-hybridized carbons (Fsp3) is 0.176. The number of benzene rings is 1. The maximum Gasteiger partial charge on any atom is 0.287 e. The average molecular weight is 312 g/mol. The summed E-state index contributed by atoms with van der Waals surface area (Å²) < 4.78 is 10.5. The van der Waals surface area contributed by atoms with E-state index in [4.69, 9.17) is 9.15 Å². The van der Waals surface area contributed by atoms with Gasteiger partial charge in [0.1, 0.15) is 12.4 Å². The molecule has 2 amide bonds. The fourth-order valence-electron chi connectivity index (χ4n) is 2.21. The lowest BCUT2D eigenvalue weighted by Gasteiger charge is -2.17. The number of carbonyl (C=O) groups is 2. The molecule has 0 radical (unpaired) electrons. The van der Waals surface area contributed by atoms with E-state index in [-0.39, 0.29) is 24.2 Å². The van der Waals surface area contributed by atoms with Gasteiger partial charge in [0.15, 0.2) is 5.76 Å². The van der Waals surface area contributed by atoms with Gasteiger partial charge in [-0.15, -0.1) is 0 Å². The minimum atomic E-state index is -0.307. The number of rotatable bonds is 5. The van der Waals surface area contributed by atoms with Gasteiger partial charge in [-0.3, -0.25) is 9.59 Å². The molecule has 0 atom stereocenters. The molecule has 118 valence electrons. The lowest BCUT2D eigenvalue weighted by Crippen LogP contribution is -2.36. The van der Waals surface area contributed by atoms with E-state index in [1.54, 1.807) is 12.1 Å². The summed E-state index contributed by atoms with van der Waals surface area (Å²) in [5.41, 5.74) is 1.44. The number of nitrogens with one attached hydrogen (secondary N) is 2. The molecule has 2 N–H and O–H groups in total. The SMILES string of the molecule is O=C(NCCNC(=O)c1ccco1)C1=Cc2ccccc2OC1. The second-order valence-corrected chi connectivity index (χ2v) is 4.99. The topological polar surface area (TPSA) is 80.6 Å². The highest BCUT2D eigenvalue weighted by Gasteiger charge is 2.16. The molecule has 0 spiro atoms. The molecular formula is C17H16N2O4. The highest BCUT2D eigenvalue weighted by Crippen LogP contribution is 2.25. The van der Waals surface area contributed by atoms with E-state index in [1.165, 1.54) is 6.26 Å². The van der Waals surface area contributed by atoms with E-state index >= 15 is 0 Å². The quantitative estimate of drug-likeness (QED) is 0.822. The molecular weight excluding hydrogens is 296 g/mol. The fourth-order valence-corrected chi connectivity index (χ4v) is 2.21. The van der Waals surface area contributed by atoms with Gasteiger partial charge in [0, 0.05) is 18.7 Å². The van der Waals surface area contributed by atoms with Crippen molar-refractivity contribution >= 4 is 17.9 Å². The Morgan fingerprint density at radius 2 is 1.78 bits per heavy atom. The zero-order valence-corrected chi connectivity index (χ0v) is 12.4. The predicted octanol–water partition coefficient (Wildman–Crippen LogP) is 1.60. The number of carbonyl (C=O) groups excluding carboxylic acids is 2. The monoisotopic (exact) mass is 312 g/mol. The van der Waals surface area contributed by atoms with Crippen molar-refractivity contribution in [3.8, 4) is 5.75 Å². The first-order valence-corrected chi connectivity index (χ1v) is 7.26. The van der Waals surface area contributed by atoms with Crippen molar-refractivity contribution in [3.63, 3.8) is 0 Å². The second-order valence-electron chi connectivity index (χ2n) is 4.99. The van der Waals surface area contributed by atoms with Crippen molar-refractivity contribution in [2.75, 3.05) is 19.7 Å². The third-order valence-corrected chi connectivity index (χ3v) is 3.36. The third-order valence-electron chi connectivity index (χ3n) is 3.36. The number of furan rings is 1. The van der Waals surface area contributed by atoms with Crippen LogP contribution in [-0.4, -0.2) is 31.5 Å². The average Bonchev–Trinajstić information content (AvgIpc) is 3.12. The molecule has 2 heterocycles. The molecule has 1 aliphatic heterocycles. The Hall–Kier alpha value is -3.02. The number of hydrogen-bond acceptors (Lipinski definition) is 4. The van der Waals surface area contributed by atoms with Crippen LogP contribution in [0.25, 0.3) is 6.08 Å². The molecule has 1 aromatic carbocycles. The van der Waals surface area contributed by atoms with E-state index in [1.807, 2.05) is 30.3 Å². The first kappa shape index (κ1) is 14.9. The number of fused-ring (bicyclic) bond motifs is 1. The third kappa shape index (κ3) is 3.60. The van der Waals surface area contributed by atoms with E-state index in [2.05, 4.69) is 10.6 Å². The number of amides is 2. The smallest absolute Gasteiger partial charge is 0.287 e. The first-order chi connectivity index (χ1) is 11.2. The van der Waals surface area contributed by atoms with Gasteiger partial charge in [-0.25, -0.2) is 0 Å². The Morgan fingerprint density at radius 1 is 1.00 bits per heavy atom. The van der Waals surface area contributed by atoms with Crippen LogP contribution in [0.4, 0.5) is 0 Å². The van der Waals surface area contributed by atoms with Crippen molar-refractivity contribution in [3.05, 3.63) is 59.6 Å². The molecule has 0 saturated heterocycles. The van der Waals surface area contributed by atoms with Crippen LogP contribution in [0.15, 0.2) is 52.7 Å². The Labute approximate surface area is 133 Å². The molecule has 6 heteroatoms. The summed E-state index contributed by atoms with van der Waals surface area (Å²) in [7, 11) is 0. The van der Waals surface area contributed by atoms with E-state index in [0.29, 0.717) is 18.7 Å². The van der Waals surface area contributed by atoms with E-state index < -0.39 is 0 Å². The van der Waals surface area contributed by atoms with Crippen molar-refractivity contribution in [1.29, 1.82) is 0 Å². The van der Waals surface area contributed by atoms with Crippen molar-refractivity contribution in [2.24, 2.45) is 0 Å². The van der Waals surface area contributed by atoms with Crippen LogP contribution >= 0.6 is 0 Å².